The summed E-state index contributed by atoms with van der Waals surface area (Å²) in [5.41, 5.74) is 10.7. The van der Waals surface area contributed by atoms with Gasteiger partial charge in [0.15, 0.2) is 0 Å². The summed E-state index contributed by atoms with van der Waals surface area (Å²) in [6.07, 6.45) is 5.98. The second kappa shape index (κ2) is 7.73. The zero-order valence-electron chi connectivity index (χ0n) is 15.0. The molecule has 3 heteroatoms. The molecule has 1 aliphatic rings. The van der Waals surface area contributed by atoms with E-state index in [0.717, 1.165) is 30.5 Å². The van der Waals surface area contributed by atoms with E-state index in [4.69, 9.17) is 10.5 Å². The third kappa shape index (κ3) is 3.71. The van der Waals surface area contributed by atoms with Gasteiger partial charge in [0.25, 0.3) is 0 Å². The fraction of sp³-hybridized carbons (Fsp3) is 0.409. The highest BCUT2D eigenvalue weighted by Crippen LogP contribution is 2.48. The van der Waals surface area contributed by atoms with Crippen LogP contribution in [-0.2, 0) is 14.9 Å². The van der Waals surface area contributed by atoms with E-state index in [2.05, 4.69) is 30.3 Å². The number of anilines is 1. The Hall–Kier alpha value is -2.29. The predicted molar refractivity (Wildman–Crippen MR) is 102 cm³/mol. The van der Waals surface area contributed by atoms with Crippen LogP contribution >= 0.6 is 0 Å². The van der Waals surface area contributed by atoms with E-state index in [1.165, 1.54) is 24.0 Å². The third-order valence-corrected chi connectivity index (χ3v) is 5.42. The number of hydrogen-bond acceptors (Lipinski definition) is 3. The van der Waals surface area contributed by atoms with E-state index >= 15 is 0 Å². The molecule has 1 saturated carbocycles. The van der Waals surface area contributed by atoms with Gasteiger partial charge in [-0.2, -0.15) is 0 Å². The maximum Gasteiger partial charge on any atom is 0.305 e. The van der Waals surface area contributed by atoms with Gasteiger partial charge in [-0.3, -0.25) is 4.79 Å². The summed E-state index contributed by atoms with van der Waals surface area (Å²) in [6, 6.07) is 16.6. The van der Waals surface area contributed by atoms with Crippen molar-refractivity contribution in [1.82, 2.24) is 0 Å². The molecular weight excluding hydrogens is 310 g/mol. The van der Waals surface area contributed by atoms with Crippen molar-refractivity contribution in [2.45, 2.75) is 50.9 Å². The van der Waals surface area contributed by atoms with Crippen LogP contribution in [0.15, 0.2) is 48.5 Å². The number of nitrogen functional groups attached to an aromatic ring is 1. The fourth-order valence-electron chi connectivity index (χ4n) is 4.20. The van der Waals surface area contributed by atoms with Crippen LogP contribution < -0.4 is 5.73 Å². The number of benzene rings is 2. The topological polar surface area (TPSA) is 52.3 Å². The van der Waals surface area contributed by atoms with E-state index in [9.17, 15) is 4.79 Å². The zero-order chi connectivity index (χ0) is 17.7. The zero-order valence-corrected chi connectivity index (χ0v) is 15.0. The molecule has 0 amide bonds. The van der Waals surface area contributed by atoms with Crippen LogP contribution in [0, 0.1) is 0 Å². The van der Waals surface area contributed by atoms with Gasteiger partial charge in [-0.15, -0.1) is 0 Å². The number of carbonyl (C=O) groups excluding carboxylic acids is 1. The quantitative estimate of drug-likeness (QED) is 0.590. The number of hydrogen-bond donors (Lipinski definition) is 1. The lowest BCUT2D eigenvalue weighted by Crippen LogP contribution is -2.24. The Morgan fingerprint density at radius 3 is 2.36 bits per heavy atom. The Morgan fingerprint density at radius 1 is 1.04 bits per heavy atom. The largest absolute Gasteiger partial charge is 0.466 e. The third-order valence-electron chi connectivity index (χ3n) is 5.42. The van der Waals surface area contributed by atoms with Gasteiger partial charge >= 0.3 is 5.97 Å². The predicted octanol–water partition coefficient (Wildman–Crippen LogP) is 5.09. The molecular formula is C22H27NO2. The van der Waals surface area contributed by atoms with Crippen LogP contribution in [0.4, 0.5) is 5.69 Å². The van der Waals surface area contributed by atoms with Crippen LogP contribution in [0.1, 0.15) is 51.0 Å². The van der Waals surface area contributed by atoms with Crippen molar-refractivity contribution in [2.24, 2.45) is 0 Å². The first kappa shape index (κ1) is 17.5. The van der Waals surface area contributed by atoms with Gasteiger partial charge in [0.2, 0.25) is 0 Å². The van der Waals surface area contributed by atoms with Crippen LogP contribution in [0.2, 0.25) is 0 Å². The number of ether oxygens (including phenoxy) is 1. The van der Waals surface area contributed by atoms with E-state index in [0.29, 0.717) is 13.0 Å². The van der Waals surface area contributed by atoms with E-state index in [1.54, 1.807) is 0 Å². The van der Waals surface area contributed by atoms with E-state index < -0.39 is 0 Å². The SMILES string of the molecule is CCOC(=O)CCC1(c2ccccc2-c2ccccc2N)CCCC1. The first-order valence-corrected chi connectivity index (χ1v) is 9.26. The van der Waals surface area contributed by atoms with Gasteiger partial charge in [0.05, 0.1) is 6.61 Å². The number of esters is 1. The van der Waals surface area contributed by atoms with Crippen molar-refractivity contribution in [2.75, 3.05) is 12.3 Å². The fourth-order valence-corrected chi connectivity index (χ4v) is 4.20. The van der Waals surface area contributed by atoms with Crippen molar-refractivity contribution in [1.29, 1.82) is 0 Å². The van der Waals surface area contributed by atoms with Crippen LogP contribution in [0.25, 0.3) is 11.1 Å². The summed E-state index contributed by atoms with van der Waals surface area (Å²) in [5, 5.41) is 0. The van der Waals surface area contributed by atoms with Gasteiger partial charge in [-0.25, -0.2) is 0 Å². The average molecular weight is 337 g/mol. The molecule has 0 bridgehead atoms. The lowest BCUT2D eigenvalue weighted by atomic mass is 9.72. The van der Waals surface area contributed by atoms with Gasteiger partial charge in [-0.1, -0.05) is 55.3 Å². The molecule has 0 atom stereocenters. The first-order chi connectivity index (χ1) is 12.2. The molecule has 3 nitrogen and oxygen atoms in total. The Bertz CT molecular complexity index is 732. The summed E-state index contributed by atoms with van der Waals surface area (Å²) in [7, 11) is 0. The van der Waals surface area contributed by atoms with Crippen molar-refractivity contribution in [3.05, 3.63) is 54.1 Å². The smallest absolute Gasteiger partial charge is 0.305 e. The van der Waals surface area contributed by atoms with Crippen molar-refractivity contribution in [3.8, 4) is 11.1 Å². The van der Waals surface area contributed by atoms with Gasteiger partial charge in [0, 0.05) is 17.7 Å². The van der Waals surface area contributed by atoms with Crippen molar-refractivity contribution < 1.29 is 9.53 Å². The summed E-state index contributed by atoms with van der Waals surface area (Å²) >= 11 is 0. The second-order valence-electron chi connectivity index (χ2n) is 6.93. The number of carbonyl (C=O) groups is 1. The first-order valence-electron chi connectivity index (χ1n) is 9.26. The van der Waals surface area contributed by atoms with Gasteiger partial charge in [-0.05, 0) is 48.8 Å². The minimum atomic E-state index is -0.0921. The van der Waals surface area contributed by atoms with Crippen LogP contribution in [-0.4, -0.2) is 12.6 Å². The molecule has 2 N–H and O–H groups in total. The maximum atomic E-state index is 11.9. The van der Waals surface area contributed by atoms with Gasteiger partial charge < -0.3 is 10.5 Å². The molecule has 0 unspecified atom stereocenters. The number of nitrogens with two attached hydrogens (primary N) is 1. The molecule has 1 aliphatic carbocycles. The van der Waals surface area contributed by atoms with Crippen molar-refractivity contribution in [3.63, 3.8) is 0 Å². The van der Waals surface area contributed by atoms with Gasteiger partial charge in [0.1, 0.15) is 0 Å². The minimum Gasteiger partial charge on any atom is -0.466 e. The van der Waals surface area contributed by atoms with E-state index in [-0.39, 0.29) is 11.4 Å². The minimum absolute atomic E-state index is 0.0473. The summed E-state index contributed by atoms with van der Waals surface area (Å²) in [6.45, 7) is 2.31. The average Bonchev–Trinajstić information content (AvgIpc) is 3.11. The number of rotatable bonds is 6. The molecule has 0 radical (unpaired) electrons. The summed E-state index contributed by atoms with van der Waals surface area (Å²) < 4.78 is 5.16. The standard InChI is InChI=1S/C22H27NO2/c1-2-25-21(24)13-16-22(14-7-8-15-22)19-11-5-3-9-17(19)18-10-4-6-12-20(18)23/h3-6,9-12H,2,7-8,13-16,23H2,1H3. The highest BCUT2D eigenvalue weighted by atomic mass is 16.5. The normalized spacial score (nSPS) is 15.9. The molecule has 2 aromatic carbocycles. The lowest BCUT2D eigenvalue weighted by molar-refractivity contribution is -0.143. The molecule has 2 aromatic rings. The Morgan fingerprint density at radius 2 is 1.68 bits per heavy atom. The molecule has 132 valence electrons. The van der Waals surface area contributed by atoms with Crippen LogP contribution in [0.5, 0.6) is 0 Å². The number of para-hydroxylation sites is 1. The molecule has 0 aliphatic heterocycles. The Labute approximate surface area is 150 Å². The highest BCUT2D eigenvalue weighted by molar-refractivity contribution is 5.79. The summed E-state index contributed by atoms with van der Waals surface area (Å²) in [4.78, 5) is 11.9. The van der Waals surface area contributed by atoms with E-state index in [1.807, 2.05) is 25.1 Å². The van der Waals surface area contributed by atoms with Crippen molar-refractivity contribution >= 4 is 11.7 Å². The lowest BCUT2D eigenvalue weighted by Gasteiger charge is -2.32. The second-order valence-corrected chi connectivity index (χ2v) is 6.93. The van der Waals surface area contributed by atoms with Crippen LogP contribution in [0.3, 0.4) is 0 Å². The Balaban J connectivity index is 1.98. The molecule has 0 spiro atoms. The highest BCUT2D eigenvalue weighted by Gasteiger charge is 2.37. The molecule has 3 rings (SSSR count). The summed E-state index contributed by atoms with van der Waals surface area (Å²) in [5.74, 6) is -0.0921. The molecule has 1 fully saturated rings. The monoisotopic (exact) mass is 337 g/mol. The molecule has 0 saturated heterocycles. The Kier molecular flexibility index (Phi) is 5.42. The molecule has 0 aromatic heterocycles. The molecule has 0 heterocycles. The molecule has 25 heavy (non-hydrogen) atoms. The maximum absolute atomic E-state index is 11.9.